The number of rotatable bonds is 4. The Morgan fingerprint density at radius 2 is 2.50 bits per heavy atom. The lowest BCUT2D eigenvalue weighted by Gasteiger charge is -1.97. The molecule has 0 aliphatic rings. The molecular weight excluding hydrogens is 321 g/mol. The van der Waals surface area contributed by atoms with Crippen LogP contribution < -0.4 is 0 Å². The van der Waals surface area contributed by atoms with E-state index in [0.29, 0.717) is 12.4 Å². The molecule has 0 spiro atoms. The molecule has 2 aromatic heterocycles. The van der Waals surface area contributed by atoms with Crippen molar-refractivity contribution in [2.24, 2.45) is 4.99 Å². The van der Waals surface area contributed by atoms with E-state index in [4.69, 9.17) is 9.78 Å². The fourth-order valence-electron chi connectivity index (χ4n) is 1.29. The lowest BCUT2D eigenvalue weighted by Crippen LogP contribution is -1.90. The van der Waals surface area contributed by atoms with Crippen LogP contribution in [0.2, 0.25) is 0 Å². The van der Waals surface area contributed by atoms with Gasteiger partial charge in [-0.05, 0) is 35.6 Å². The molecule has 2 aromatic rings. The molecule has 0 saturated carbocycles. The van der Waals surface area contributed by atoms with Gasteiger partial charge in [0.05, 0.1) is 17.5 Å². The highest BCUT2D eigenvalue weighted by atomic mass is 127. The topological polar surface area (TPSA) is 59.5 Å². The van der Waals surface area contributed by atoms with Gasteiger partial charge < -0.3 is 9.87 Å². The molecule has 0 amide bonds. The second kappa shape index (κ2) is 5.26. The summed E-state index contributed by atoms with van der Waals surface area (Å²) in [5.41, 5.74) is 1.00. The SMILES string of the molecule is CCOO/C=N\c1nccc2[nH]cc(I)c12. The van der Waals surface area contributed by atoms with Crippen molar-refractivity contribution in [2.75, 3.05) is 6.61 Å². The van der Waals surface area contributed by atoms with Gasteiger partial charge in [0.2, 0.25) is 6.40 Å². The Morgan fingerprint density at radius 3 is 3.31 bits per heavy atom. The van der Waals surface area contributed by atoms with E-state index in [1.807, 2.05) is 19.2 Å². The van der Waals surface area contributed by atoms with E-state index in [9.17, 15) is 0 Å². The van der Waals surface area contributed by atoms with E-state index in [2.05, 4.69) is 37.6 Å². The molecule has 0 fully saturated rings. The maximum Gasteiger partial charge on any atom is 0.221 e. The maximum absolute atomic E-state index is 4.71. The zero-order valence-corrected chi connectivity index (χ0v) is 10.8. The molecule has 84 valence electrons. The molecule has 0 atom stereocenters. The van der Waals surface area contributed by atoms with Crippen molar-refractivity contribution in [3.8, 4) is 0 Å². The summed E-state index contributed by atoms with van der Waals surface area (Å²) in [6, 6.07) is 1.90. The number of H-pyrrole nitrogens is 1. The molecule has 16 heavy (non-hydrogen) atoms. The molecule has 6 heteroatoms. The molecule has 1 N–H and O–H groups in total. The highest BCUT2D eigenvalue weighted by Crippen LogP contribution is 2.27. The third kappa shape index (κ3) is 2.33. The van der Waals surface area contributed by atoms with Crippen LogP contribution in [-0.4, -0.2) is 23.0 Å². The number of aromatic amines is 1. The molecule has 0 saturated heterocycles. The monoisotopic (exact) mass is 331 g/mol. The molecule has 0 aliphatic heterocycles. The normalized spacial score (nSPS) is 11.4. The van der Waals surface area contributed by atoms with Gasteiger partial charge in [-0.1, -0.05) is 0 Å². The molecule has 2 heterocycles. The third-order valence-corrected chi connectivity index (χ3v) is 2.78. The van der Waals surface area contributed by atoms with Crippen LogP contribution in [-0.2, 0) is 9.78 Å². The summed E-state index contributed by atoms with van der Waals surface area (Å²) in [6.07, 6.45) is 4.85. The molecule has 2 rings (SSSR count). The van der Waals surface area contributed by atoms with Crippen LogP contribution in [0.3, 0.4) is 0 Å². The van der Waals surface area contributed by atoms with Gasteiger partial charge >= 0.3 is 0 Å². The average molecular weight is 331 g/mol. The first kappa shape index (κ1) is 11.3. The summed E-state index contributed by atoms with van der Waals surface area (Å²) >= 11 is 2.23. The van der Waals surface area contributed by atoms with Gasteiger partial charge in [0.25, 0.3) is 0 Å². The summed E-state index contributed by atoms with van der Waals surface area (Å²) in [7, 11) is 0. The standard InChI is InChI=1S/C10H10IN3O2/c1-2-15-16-6-14-10-9-7(11)5-13-8(9)3-4-12-10/h3-6,13H,2H2,1H3/b14-6-. The van der Waals surface area contributed by atoms with Crippen LogP contribution in [0.25, 0.3) is 10.9 Å². The van der Waals surface area contributed by atoms with Crippen LogP contribution in [0, 0.1) is 3.57 Å². The fraction of sp³-hybridized carbons (Fsp3) is 0.200. The van der Waals surface area contributed by atoms with Gasteiger partial charge in [-0.15, -0.1) is 0 Å². The fourth-order valence-corrected chi connectivity index (χ4v) is 1.98. The van der Waals surface area contributed by atoms with Crippen molar-refractivity contribution in [3.05, 3.63) is 22.0 Å². The van der Waals surface area contributed by atoms with E-state index in [1.165, 1.54) is 6.40 Å². The number of aromatic nitrogens is 2. The number of nitrogens with zero attached hydrogens (tertiary/aromatic N) is 2. The Bertz CT molecular complexity index is 510. The van der Waals surface area contributed by atoms with Gasteiger partial charge in [-0.2, -0.15) is 9.88 Å². The summed E-state index contributed by atoms with van der Waals surface area (Å²) in [6.45, 7) is 2.31. The smallest absolute Gasteiger partial charge is 0.221 e. The van der Waals surface area contributed by atoms with Crippen molar-refractivity contribution in [2.45, 2.75) is 6.92 Å². The molecule has 0 bridgehead atoms. The zero-order chi connectivity index (χ0) is 11.4. The highest BCUT2D eigenvalue weighted by molar-refractivity contribution is 14.1. The Kier molecular flexibility index (Phi) is 3.73. The summed E-state index contributed by atoms with van der Waals surface area (Å²) in [4.78, 5) is 20.8. The molecule has 5 nitrogen and oxygen atoms in total. The second-order valence-electron chi connectivity index (χ2n) is 2.93. The van der Waals surface area contributed by atoms with Crippen LogP contribution in [0.1, 0.15) is 6.92 Å². The summed E-state index contributed by atoms with van der Waals surface area (Å²) in [5.74, 6) is 0.614. The highest BCUT2D eigenvalue weighted by Gasteiger charge is 2.06. The van der Waals surface area contributed by atoms with Crippen molar-refractivity contribution < 1.29 is 9.78 Å². The Balaban J connectivity index is 2.29. The number of hydrogen-bond donors (Lipinski definition) is 1. The summed E-state index contributed by atoms with van der Waals surface area (Å²) in [5, 5.41) is 0.986. The number of aliphatic imine (C=N–C) groups is 1. The van der Waals surface area contributed by atoms with Crippen LogP contribution in [0.5, 0.6) is 0 Å². The van der Waals surface area contributed by atoms with Crippen molar-refractivity contribution >= 4 is 45.7 Å². The number of hydrogen-bond acceptors (Lipinski definition) is 4. The number of nitrogens with one attached hydrogen (secondary N) is 1. The van der Waals surface area contributed by atoms with Gasteiger partial charge in [-0.3, -0.25) is 0 Å². The quantitative estimate of drug-likeness (QED) is 0.234. The molecule has 0 unspecified atom stereocenters. The van der Waals surface area contributed by atoms with Crippen molar-refractivity contribution in [3.63, 3.8) is 0 Å². The third-order valence-electron chi connectivity index (χ3n) is 1.93. The number of halogens is 1. The first-order valence-corrected chi connectivity index (χ1v) is 5.83. The molecule has 0 aliphatic carbocycles. The van der Waals surface area contributed by atoms with E-state index in [0.717, 1.165) is 14.5 Å². The average Bonchev–Trinajstić information content (AvgIpc) is 2.68. The van der Waals surface area contributed by atoms with E-state index in [1.54, 1.807) is 6.20 Å². The number of fused-ring (bicyclic) bond motifs is 1. The van der Waals surface area contributed by atoms with Gasteiger partial charge in [0.1, 0.15) is 0 Å². The summed E-state index contributed by atoms with van der Waals surface area (Å²) < 4.78 is 1.07. The predicted molar refractivity (Wildman–Crippen MR) is 69.7 cm³/mol. The molecule has 0 radical (unpaired) electrons. The Labute approximate surface area is 106 Å². The second-order valence-corrected chi connectivity index (χ2v) is 4.09. The van der Waals surface area contributed by atoms with E-state index in [-0.39, 0.29) is 0 Å². The Morgan fingerprint density at radius 1 is 1.62 bits per heavy atom. The zero-order valence-electron chi connectivity index (χ0n) is 8.61. The molecule has 0 aromatic carbocycles. The largest absolute Gasteiger partial charge is 0.360 e. The predicted octanol–water partition coefficient (Wildman–Crippen LogP) is 2.80. The van der Waals surface area contributed by atoms with Gasteiger partial charge in [0.15, 0.2) is 5.82 Å². The van der Waals surface area contributed by atoms with Gasteiger partial charge in [-0.25, -0.2) is 4.98 Å². The van der Waals surface area contributed by atoms with Crippen LogP contribution in [0.15, 0.2) is 23.5 Å². The first-order chi connectivity index (χ1) is 7.83. The lowest BCUT2D eigenvalue weighted by atomic mass is 10.3. The molecular formula is C10H10IN3O2. The minimum Gasteiger partial charge on any atom is -0.360 e. The maximum atomic E-state index is 4.71. The van der Waals surface area contributed by atoms with E-state index >= 15 is 0 Å². The van der Waals surface area contributed by atoms with Crippen LogP contribution >= 0.6 is 22.6 Å². The van der Waals surface area contributed by atoms with Crippen molar-refractivity contribution in [1.82, 2.24) is 9.97 Å². The van der Waals surface area contributed by atoms with Crippen LogP contribution in [0.4, 0.5) is 5.82 Å². The van der Waals surface area contributed by atoms with Crippen molar-refractivity contribution in [1.29, 1.82) is 0 Å². The van der Waals surface area contributed by atoms with Gasteiger partial charge in [0, 0.05) is 16.0 Å². The minimum atomic E-state index is 0.478. The minimum absolute atomic E-state index is 0.478. The van der Waals surface area contributed by atoms with E-state index < -0.39 is 0 Å². The lowest BCUT2D eigenvalue weighted by molar-refractivity contribution is -0.211. The number of pyridine rings is 1. The Hall–Kier alpha value is -1.15. The first-order valence-electron chi connectivity index (χ1n) is 4.75.